The van der Waals surface area contributed by atoms with Crippen molar-refractivity contribution in [3.05, 3.63) is 24.0 Å². The molecule has 0 bridgehead atoms. The van der Waals surface area contributed by atoms with Crippen LogP contribution in [-0.4, -0.2) is 32.7 Å². The average molecular weight is 275 g/mol. The zero-order chi connectivity index (χ0) is 14.5. The summed E-state index contributed by atoms with van der Waals surface area (Å²) >= 11 is 0. The molecule has 0 fully saturated rings. The molecule has 1 atom stereocenters. The Balaban J connectivity index is 2.12. The molecular weight excluding hydrogens is 254 g/mol. The number of likely N-dealkylation sites (N-methyl/N-ethyl adjacent to an activating group) is 1. The minimum Gasteiger partial charge on any atom is -0.339 e. The highest BCUT2D eigenvalue weighted by molar-refractivity contribution is 5.46. The summed E-state index contributed by atoms with van der Waals surface area (Å²) in [6.07, 6.45) is 2.42. The molecule has 0 aliphatic rings. The van der Waals surface area contributed by atoms with Crippen LogP contribution in [0.5, 0.6) is 0 Å². The van der Waals surface area contributed by atoms with Gasteiger partial charge in [-0.2, -0.15) is 4.98 Å². The molecule has 2 rings (SSSR count). The van der Waals surface area contributed by atoms with Gasteiger partial charge in [0.15, 0.2) is 0 Å². The van der Waals surface area contributed by atoms with Crippen molar-refractivity contribution in [3.8, 4) is 11.5 Å². The van der Waals surface area contributed by atoms with Crippen LogP contribution in [0.15, 0.2) is 16.8 Å². The quantitative estimate of drug-likeness (QED) is 0.869. The van der Waals surface area contributed by atoms with Gasteiger partial charge in [-0.25, -0.2) is 9.97 Å². The summed E-state index contributed by atoms with van der Waals surface area (Å²) < 4.78 is 5.32. The van der Waals surface area contributed by atoms with E-state index >= 15 is 0 Å². The molecule has 2 heterocycles. The van der Waals surface area contributed by atoms with Crippen molar-refractivity contribution in [3.63, 3.8) is 0 Å². The highest BCUT2D eigenvalue weighted by Gasteiger charge is 2.17. The molecule has 0 aliphatic heterocycles. The fraction of sp³-hybridized carbons (Fsp3) is 0.571. The van der Waals surface area contributed by atoms with Gasteiger partial charge in [0.1, 0.15) is 11.5 Å². The number of hydrogen-bond donors (Lipinski definition) is 1. The molecule has 6 heteroatoms. The number of aryl methyl sites for hydroxylation is 1. The molecule has 0 aromatic carbocycles. The van der Waals surface area contributed by atoms with Crippen molar-refractivity contribution in [2.45, 2.75) is 40.2 Å². The van der Waals surface area contributed by atoms with Crippen LogP contribution in [0.4, 0.5) is 0 Å². The van der Waals surface area contributed by atoms with E-state index in [2.05, 4.69) is 46.2 Å². The predicted octanol–water partition coefficient (Wildman–Crippen LogP) is 2.01. The van der Waals surface area contributed by atoms with Crippen LogP contribution in [0.2, 0.25) is 0 Å². The summed E-state index contributed by atoms with van der Waals surface area (Å²) in [6.45, 7) is 9.22. The van der Waals surface area contributed by atoms with Crippen molar-refractivity contribution in [2.75, 3.05) is 6.54 Å². The SMILES string of the molecule is CCNC(Cc1nc(-c2ccnc(C)n2)no1)C(C)C. The fourth-order valence-electron chi connectivity index (χ4n) is 2.02. The maximum atomic E-state index is 5.32. The minimum absolute atomic E-state index is 0.334. The molecule has 1 N–H and O–H groups in total. The largest absolute Gasteiger partial charge is 0.339 e. The molecule has 0 amide bonds. The molecule has 0 spiro atoms. The molecular formula is C14H21N5O. The van der Waals surface area contributed by atoms with E-state index in [1.807, 2.05) is 6.92 Å². The minimum atomic E-state index is 0.334. The van der Waals surface area contributed by atoms with Crippen molar-refractivity contribution in [1.29, 1.82) is 0 Å². The van der Waals surface area contributed by atoms with Gasteiger partial charge in [-0.15, -0.1) is 0 Å². The lowest BCUT2D eigenvalue weighted by Gasteiger charge is -2.19. The maximum Gasteiger partial charge on any atom is 0.228 e. The number of hydrogen-bond acceptors (Lipinski definition) is 6. The second kappa shape index (κ2) is 6.56. The van der Waals surface area contributed by atoms with E-state index in [1.54, 1.807) is 12.3 Å². The van der Waals surface area contributed by atoms with Crippen LogP contribution in [0.3, 0.4) is 0 Å². The lowest BCUT2D eigenvalue weighted by Crippen LogP contribution is -2.35. The summed E-state index contributed by atoms with van der Waals surface area (Å²) in [5, 5.41) is 7.43. The zero-order valence-electron chi connectivity index (χ0n) is 12.4. The summed E-state index contributed by atoms with van der Waals surface area (Å²) in [6, 6.07) is 2.12. The van der Waals surface area contributed by atoms with Gasteiger partial charge in [0, 0.05) is 18.7 Å². The van der Waals surface area contributed by atoms with Crippen molar-refractivity contribution in [2.24, 2.45) is 5.92 Å². The van der Waals surface area contributed by atoms with Crippen LogP contribution in [0.1, 0.15) is 32.5 Å². The molecule has 0 aliphatic carbocycles. The van der Waals surface area contributed by atoms with Gasteiger partial charge in [-0.05, 0) is 25.5 Å². The molecule has 1 unspecified atom stereocenters. The Kier molecular flexibility index (Phi) is 4.79. The Hall–Kier alpha value is -1.82. The molecule has 2 aromatic heterocycles. The van der Waals surface area contributed by atoms with Crippen LogP contribution in [-0.2, 0) is 6.42 Å². The lowest BCUT2D eigenvalue weighted by molar-refractivity contribution is 0.329. The molecule has 0 saturated heterocycles. The van der Waals surface area contributed by atoms with Crippen molar-refractivity contribution < 1.29 is 4.52 Å². The van der Waals surface area contributed by atoms with Gasteiger partial charge < -0.3 is 9.84 Å². The summed E-state index contributed by atoms with van der Waals surface area (Å²) in [7, 11) is 0. The highest BCUT2D eigenvalue weighted by Crippen LogP contribution is 2.15. The summed E-state index contributed by atoms with van der Waals surface area (Å²) in [5.41, 5.74) is 0.692. The molecule has 108 valence electrons. The second-order valence-corrected chi connectivity index (χ2v) is 5.11. The van der Waals surface area contributed by atoms with Crippen LogP contribution >= 0.6 is 0 Å². The number of nitrogens with one attached hydrogen (secondary N) is 1. The van der Waals surface area contributed by atoms with Crippen molar-refractivity contribution in [1.82, 2.24) is 25.4 Å². The van der Waals surface area contributed by atoms with E-state index in [1.165, 1.54) is 0 Å². The van der Waals surface area contributed by atoms with Gasteiger partial charge in [-0.1, -0.05) is 25.9 Å². The van der Waals surface area contributed by atoms with Gasteiger partial charge in [0.25, 0.3) is 0 Å². The van der Waals surface area contributed by atoms with Gasteiger partial charge in [-0.3, -0.25) is 0 Å². The molecule has 0 saturated carbocycles. The first-order valence-electron chi connectivity index (χ1n) is 6.96. The topological polar surface area (TPSA) is 76.7 Å². The number of nitrogens with zero attached hydrogens (tertiary/aromatic N) is 4. The average Bonchev–Trinajstić information content (AvgIpc) is 2.87. The zero-order valence-corrected chi connectivity index (χ0v) is 12.4. The second-order valence-electron chi connectivity index (χ2n) is 5.11. The molecule has 0 radical (unpaired) electrons. The number of aromatic nitrogens is 4. The van der Waals surface area contributed by atoms with E-state index in [-0.39, 0.29) is 0 Å². The molecule has 2 aromatic rings. The Morgan fingerprint density at radius 2 is 2.10 bits per heavy atom. The Bertz CT molecular complexity index is 552. The highest BCUT2D eigenvalue weighted by atomic mass is 16.5. The third kappa shape index (κ3) is 3.60. The number of rotatable bonds is 6. The van der Waals surface area contributed by atoms with Gasteiger partial charge >= 0.3 is 0 Å². The summed E-state index contributed by atoms with van der Waals surface area (Å²) in [4.78, 5) is 12.8. The third-order valence-corrected chi connectivity index (χ3v) is 3.14. The van der Waals surface area contributed by atoms with Crippen LogP contribution in [0.25, 0.3) is 11.5 Å². The van der Waals surface area contributed by atoms with Gasteiger partial charge in [0.05, 0.1) is 0 Å². The maximum absolute atomic E-state index is 5.32. The van der Waals surface area contributed by atoms with E-state index < -0.39 is 0 Å². The first kappa shape index (κ1) is 14.6. The van der Waals surface area contributed by atoms with Crippen molar-refractivity contribution >= 4 is 0 Å². The fourth-order valence-corrected chi connectivity index (χ4v) is 2.02. The third-order valence-electron chi connectivity index (χ3n) is 3.14. The van der Waals surface area contributed by atoms with Crippen LogP contribution in [0, 0.1) is 12.8 Å². The monoisotopic (exact) mass is 275 g/mol. The summed E-state index contributed by atoms with van der Waals surface area (Å²) in [5.74, 6) is 2.36. The standard InChI is InChI=1S/C14H21N5O/c1-5-15-12(9(2)3)8-13-18-14(19-20-13)11-6-7-16-10(4)17-11/h6-7,9,12,15H,5,8H2,1-4H3. The molecule has 6 nitrogen and oxygen atoms in total. The van der Waals surface area contributed by atoms with E-state index in [0.29, 0.717) is 35.2 Å². The van der Waals surface area contributed by atoms with E-state index in [4.69, 9.17) is 4.52 Å². The smallest absolute Gasteiger partial charge is 0.228 e. The Morgan fingerprint density at radius 3 is 2.75 bits per heavy atom. The Morgan fingerprint density at radius 1 is 1.30 bits per heavy atom. The van der Waals surface area contributed by atoms with Crippen LogP contribution < -0.4 is 5.32 Å². The van der Waals surface area contributed by atoms with Gasteiger partial charge in [0.2, 0.25) is 11.7 Å². The normalized spacial score (nSPS) is 12.8. The predicted molar refractivity (Wildman–Crippen MR) is 76.1 cm³/mol. The lowest BCUT2D eigenvalue weighted by atomic mass is 10.0. The first-order valence-corrected chi connectivity index (χ1v) is 6.96. The van der Waals surface area contributed by atoms with E-state index in [9.17, 15) is 0 Å². The Labute approximate surface area is 119 Å². The van der Waals surface area contributed by atoms with E-state index in [0.717, 1.165) is 13.0 Å². The molecule has 20 heavy (non-hydrogen) atoms. The first-order chi connectivity index (χ1) is 9.60.